The first-order valence-corrected chi connectivity index (χ1v) is 4.06. The van der Waals surface area contributed by atoms with Gasteiger partial charge in [-0.25, -0.2) is 13.6 Å². The van der Waals surface area contributed by atoms with Crippen molar-refractivity contribution in [3.8, 4) is 0 Å². The second kappa shape index (κ2) is 4.65. The van der Waals surface area contributed by atoms with Gasteiger partial charge in [0, 0.05) is 11.6 Å². The molecule has 0 aliphatic carbocycles. The molecule has 0 radical (unpaired) electrons. The number of hydrogen-bond acceptors (Lipinski definition) is 2. The highest BCUT2D eigenvalue weighted by molar-refractivity contribution is 5.88. The standard InChI is InChI=1S/C10H8F2O3/c11-8-5-9(12)7(10(14)15)4-6(8)2-1-3-13/h1-2,4-5,13H,3H2,(H,14,15). The maximum Gasteiger partial charge on any atom is 0.338 e. The summed E-state index contributed by atoms with van der Waals surface area (Å²) in [5, 5.41) is 17.0. The van der Waals surface area contributed by atoms with E-state index in [2.05, 4.69) is 0 Å². The Kier molecular flexibility index (Phi) is 3.51. The fraction of sp³-hybridized carbons (Fsp3) is 0.100. The van der Waals surface area contributed by atoms with Crippen molar-refractivity contribution in [2.24, 2.45) is 0 Å². The fourth-order valence-electron chi connectivity index (χ4n) is 1.04. The minimum absolute atomic E-state index is 0.0807. The van der Waals surface area contributed by atoms with Crippen LogP contribution in [0.4, 0.5) is 8.78 Å². The first-order valence-electron chi connectivity index (χ1n) is 4.06. The van der Waals surface area contributed by atoms with Crippen molar-refractivity contribution in [3.05, 3.63) is 41.0 Å². The highest BCUT2D eigenvalue weighted by Gasteiger charge is 2.13. The van der Waals surface area contributed by atoms with Gasteiger partial charge in [-0.1, -0.05) is 12.2 Å². The third kappa shape index (κ3) is 2.60. The van der Waals surface area contributed by atoms with Gasteiger partial charge in [-0.05, 0) is 6.07 Å². The van der Waals surface area contributed by atoms with Gasteiger partial charge >= 0.3 is 5.97 Å². The molecule has 1 rings (SSSR count). The highest BCUT2D eigenvalue weighted by atomic mass is 19.1. The van der Waals surface area contributed by atoms with Crippen LogP contribution in [0.3, 0.4) is 0 Å². The van der Waals surface area contributed by atoms with Crippen molar-refractivity contribution in [2.45, 2.75) is 0 Å². The minimum Gasteiger partial charge on any atom is -0.478 e. The van der Waals surface area contributed by atoms with Crippen LogP contribution < -0.4 is 0 Å². The lowest BCUT2D eigenvalue weighted by atomic mass is 10.1. The number of carboxylic acids is 1. The molecule has 0 atom stereocenters. The molecule has 2 N–H and O–H groups in total. The molecule has 5 heteroatoms. The van der Waals surface area contributed by atoms with Gasteiger partial charge in [0.2, 0.25) is 0 Å². The lowest BCUT2D eigenvalue weighted by molar-refractivity contribution is 0.0691. The maximum atomic E-state index is 13.1. The number of aliphatic hydroxyl groups excluding tert-OH is 1. The molecule has 0 amide bonds. The summed E-state index contributed by atoms with van der Waals surface area (Å²) in [6.07, 6.45) is 2.41. The van der Waals surface area contributed by atoms with E-state index in [4.69, 9.17) is 10.2 Å². The van der Waals surface area contributed by atoms with Crippen LogP contribution in [-0.2, 0) is 0 Å². The van der Waals surface area contributed by atoms with E-state index in [-0.39, 0.29) is 12.2 Å². The molecule has 15 heavy (non-hydrogen) atoms. The van der Waals surface area contributed by atoms with Crippen LogP contribution in [0.15, 0.2) is 18.2 Å². The molecule has 0 fully saturated rings. The van der Waals surface area contributed by atoms with E-state index in [1.54, 1.807) is 0 Å². The van der Waals surface area contributed by atoms with Crippen molar-refractivity contribution in [3.63, 3.8) is 0 Å². The lowest BCUT2D eigenvalue weighted by Crippen LogP contribution is -2.02. The van der Waals surface area contributed by atoms with Gasteiger partial charge in [0.25, 0.3) is 0 Å². The molecule has 0 heterocycles. The number of hydrogen-bond donors (Lipinski definition) is 2. The van der Waals surface area contributed by atoms with E-state index in [0.717, 1.165) is 6.07 Å². The Hall–Kier alpha value is -1.75. The SMILES string of the molecule is O=C(O)c1cc(C=CCO)c(F)cc1F. The van der Waals surface area contributed by atoms with Crippen LogP contribution in [0.25, 0.3) is 6.08 Å². The first kappa shape index (κ1) is 11.3. The van der Waals surface area contributed by atoms with Gasteiger partial charge in [-0.15, -0.1) is 0 Å². The third-order valence-corrected chi connectivity index (χ3v) is 1.72. The van der Waals surface area contributed by atoms with Crippen LogP contribution in [0.5, 0.6) is 0 Å². The number of carboxylic acid groups (broad SMARTS) is 1. The van der Waals surface area contributed by atoms with E-state index in [1.807, 2.05) is 0 Å². The summed E-state index contributed by atoms with van der Waals surface area (Å²) in [6.45, 7) is -0.306. The van der Waals surface area contributed by atoms with Crippen LogP contribution >= 0.6 is 0 Å². The smallest absolute Gasteiger partial charge is 0.338 e. The Morgan fingerprint density at radius 3 is 2.53 bits per heavy atom. The van der Waals surface area contributed by atoms with E-state index < -0.39 is 23.2 Å². The summed E-state index contributed by atoms with van der Waals surface area (Å²) < 4.78 is 26.0. The molecule has 80 valence electrons. The van der Waals surface area contributed by atoms with Crippen LogP contribution in [-0.4, -0.2) is 22.8 Å². The maximum absolute atomic E-state index is 13.1. The van der Waals surface area contributed by atoms with Crippen molar-refractivity contribution in [1.29, 1.82) is 0 Å². The van der Waals surface area contributed by atoms with Crippen LogP contribution in [0.1, 0.15) is 15.9 Å². The molecule has 1 aromatic carbocycles. The third-order valence-electron chi connectivity index (χ3n) is 1.72. The van der Waals surface area contributed by atoms with Crippen molar-refractivity contribution in [2.75, 3.05) is 6.61 Å². The zero-order valence-corrected chi connectivity index (χ0v) is 7.58. The van der Waals surface area contributed by atoms with Gasteiger partial charge in [-0.3, -0.25) is 0 Å². The Morgan fingerprint density at radius 1 is 1.33 bits per heavy atom. The quantitative estimate of drug-likeness (QED) is 0.804. The predicted molar refractivity (Wildman–Crippen MR) is 49.4 cm³/mol. The van der Waals surface area contributed by atoms with Crippen molar-refractivity contribution >= 4 is 12.0 Å². The molecule has 0 spiro atoms. The van der Waals surface area contributed by atoms with E-state index >= 15 is 0 Å². The Morgan fingerprint density at radius 2 is 2.00 bits per heavy atom. The Labute approximate surface area is 84.3 Å². The summed E-state index contributed by atoms with van der Waals surface area (Å²) >= 11 is 0. The van der Waals surface area contributed by atoms with Gasteiger partial charge in [0.15, 0.2) is 0 Å². The molecule has 0 aromatic heterocycles. The number of benzene rings is 1. The second-order valence-corrected chi connectivity index (χ2v) is 2.74. The number of carbonyl (C=O) groups is 1. The fourth-order valence-corrected chi connectivity index (χ4v) is 1.04. The predicted octanol–water partition coefficient (Wildman–Crippen LogP) is 1.67. The van der Waals surface area contributed by atoms with Crippen molar-refractivity contribution < 1.29 is 23.8 Å². The number of aliphatic hydroxyl groups is 1. The first-order chi connectivity index (χ1) is 7.06. The van der Waals surface area contributed by atoms with Gasteiger partial charge in [0.05, 0.1) is 12.2 Å². The molecule has 3 nitrogen and oxygen atoms in total. The molecular weight excluding hydrogens is 206 g/mol. The topological polar surface area (TPSA) is 57.5 Å². The summed E-state index contributed by atoms with van der Waals surface area (Å²) in [5.74, 6) is -3.46. The molecule has 0 unspecified atom stereocenters. The average molecular weight is 214 g/mol. The largest absolute Gasteiger partial charge is 0.478 e. The molecule has 0 aliphatic rings. The monoisotopic (exact) mass is 214 g/mol. The normalized spacial score (nSPS) is 10.9. The Balaban J connectivity index is 3.23. The molecule has 1 aromatic rings. The summed E-state index contributed by atoms with van der Waals surface area (Å²) in [4.78, 5) is 10.5. The Bertz CT molecular complexity index is 413. The number of aromatic carboxylic acids is 1. The average Bonchev–Trinajstić information content (AvgIpc) is 2.16. The zero-order valence-electron chi connectivity index (χ0n) is 7.58. The molecule has 0 saturated carbocycles. The molecular formula is C10H8F2O3. The van der Waals surface area contributed by atoms with Gasteiger partial charge in [0.1, 0.15) is 11.6 Å². The van der Waals surface area contributed by atoms with Crippen molar-refractivity contribution in [1.82, 2.24) is 0 Å². The van der Waals surface area contributed by atoms with Gasteiger partial charge < -0.3 is 10.2 Å². The molecule has 0 bridgehead atoms. The van der Waals surface area contributed by atoms with Crippen LogP contribution in [0.2, 0.25) is 0 Å². The van der Waals surface area contributed by atoms with E-state index in [0.29, 0.717) is 6.07 Å². The second-order valence-electron chi connectivity index (χ2n) is 2.74. The number of rotatable bonds is 3. The minimum atomic E-state index is -1.47. The molecule has 0 saturated heterocycles. The van der Waals surface area contributed by atoms with Gasteiger partial charge in [-0.2, -0.15) is 0 Å². The van der Waals surface area contributed by atoms with E-state index in [1.165, 1.54) is 12.2 Å². The lowest BCUT2D eigenvalue weighted by Gasteiger charge is -2.01. The summed E-state index contributed by atoms with van der Waals surface area (Å²) in [5.41, 5.74) is -0.683. The molecule has 0 aliphatic heterocycles. The number of halogens is 2. The van der Waals surface area contributed by atoms with E-state index in [9.17, 15) is 13.6 Å². The summed E-state index contributed by atoms with van der Waals surface area (Å²) in [6, 6.07) is 1.37. The highest BCUT2D eigenvalue weighted by Crippen LogP contribution is 2.16. The van der Waals surface area contributed by atoms with Crippen LogP contribution in [0, 0.1) is 11.6 Å². The zero-order chi connectivity index (χ0) is 11.4. The summed E-state index contributed by atoms with van der Waals surface area (Å²) in [7, 11) is 0.